The van der Waals surface area contributed by atoms with E-state index in [1.807, 2.05) is 0 Å². The third-order valence-electron chi connectivity index (χ3n) is 2.35. The number of benzene rings is 1. The van der Waals surface area contributed by atoms with Crippen molar-refractivity contribution in [2.24, 2.45) is 0 Å². The lowest BCUT2D eigenvalue weighted by Gasteiger charge is -2.11. The van der Waals surface area contributed by atoms with Crippen LogP contribution in [0.2, 0.25) is 0 Å². The van der Waals surface area contributed by atoms with Crippen molar-refractivity contribution in [2.75, 3.05) is 21.3 Å². The zero-order chi connectivity index (χ0) is 12.8. The predicted molar refractivity (Wildman–Crippen MR) is 61.3 cm³/mol. The highest BCUT2D eigenvalue weighted by molar-refractivity contribution is 5.74. The second kappa shape index (κ2) is 6.10. The molecule has 0 aromatic heterocycles. The zero-order valence-corrected chi connectivity index (χ0v) is 10.1. The molecule has 1 atom stereocenters. The van der Waals surface area contributed by atoms with Gasteiger partial charge in [0.25, 0.3) is 0 Å². The number of hydrogen-bond acceptors (Lipinski definition) is 5. The van der Waals surface area contributed by atoms with Crippen molar-refractivity contribution in [3.05, 3.63) is 23.8 Å². The van der Waals surface area contributed by atoms with Gasteiger partial charge in [-0.2, -0.15) is 0 Å². The van der Waals surface area contributed by atoms with Gasteiger partial charge in [0.05, 0.1) is 21.3 Å². The van der Waals surface area contributed by atoms with Crippen LogP contribution in [0.1, 0.15) is 5.56 Å². The highest BCUT2D eigenvalue weighted by Gasteiger charge is 2.16. The quantitative estimate of drug-likeness (QED) is 0.770. The summed E-state index contributed by atoms with van der Waals surface area (Å²) in [4.78, 5) is 11.1. The van der Waals surface area contributed by atoms with Crippen molar-refractivity contribution in [3.63, 3.8) is 0 Å². The van der Waals surface area contributed by atoms with Crippen molar-refractivity contribution in [3.8, 4) is 11.5 Å². The fourth-order valence-electron chi connectivity index (χ4n) is 1.45. The van der Waals surface area contributed by atoms with Gasteiger partial charge in [-0.1, -0.05) is 6.07 Å². The highest BCUT2D eigenvalue weighted by atomic mass is 16.5. The van der Waals surface area contributed by atoms with Crippen molar-refractivity contribution < 1.29 is 24.1 Å². The third-order valence-corrected chi connectivity index (χ3v) is 2.35. The number of esters is 1. The molecule has 1 aromatic rings. The van der Waals surface area contributed by atoms with Crippen LogP contribution in [0.5, 0.6) is 11.5 Å². The molecule has 0 fully saturated rings. The fourth-order valence-corrected chi connectivity index (χ4v) is 1.45. The van der Waals surface area contributed by atoms with E-state index in [-0.39, 0.29) is 6.42 Å². The molecule has 0 aliphatic heterocycles. The van der Waals surface area contributed by atoms with Crippen molar-refractivity contribution in [1.82, 2.24) is 0 Å². The van der Waals surface area contributed by atoms with Gasteiger partial charge in [-0.3, -0.25) is 0 Å². The van der Waals surface area contributed by atoms with Gasteiger partial charge in [0, 0.05) is 6.42 Å². The Bertz CT molecular complexity index is 388. The number of carbonyl (C=O) groups is 1. The summed E-state index contributed by atoms with van der Waals surface area (Å²) in [7, 11) is 4.30. The summed E-state index contributed by atoms with van der Waals surface area (Å²) < 4.78 is 14.6. The number of ether oxygens (including phenoxy) is 3. The van der Waals surface area contributed by atoms with E-state index >= 15 is 0 Å². The van der Waals surface area contributed by atoms with Gasteiger partial charge in [-0.15, -0.1) is 0 Å². The maximum absolute atomic E-state index is 11.1. The molecule has 1 rings (SSSR count). The van der Waals surface area contributed by atoms with Crippen LogP contribution in [-0.2, 0) is 16.0 Å². The normalized spacial score (nSPS) is 11.8. The first-order valence-electron chi connectivity index (χ1n) is 5.09. The average Bonchev–Trinajstić information content (AvgIpc) is 2.37. The van der Waals surface area contributed by atoms with Gasteiger partial charge in [-0.05, 0) is 17.7 Å². The summed E-state index contributed by atoms with van der Waals surface area (Å²) >= 11 is 0. The number of aliphatic hydroxyl groups excluding tert-OH is 1. The number of rotatable bonds is 5. The molecular formula is C12H16O5. The van der Waals surface area contributed by atoms with Gasteiger partial charge < -0.3 is 19.3 Å². The third kappa shape index (κ3) is 3.35. The molecule has 94 valence electrons. The minimum atomic E-state index is -1.17. The SMILES string of the molecule is COC(=O)[C@@H](O)Cc1ccc(OC)c(OC)c1. The first kappa shape index (κ1) is 13.3. The molecule has 0 bridgehead atoms. The van der Waals surface area contributed by atoms with E-state index in [1.54, 1.807) is 25.3 Å². The molecule has 1 N–H and O–H groups in total. The summed E-state index contributed by atoms with van der Waals surface area (Å²) in [6.07, 6.45) is -0.995. The van der Waals surface area contributed by atoms with E-state index in [9.17, 15) is 9.90 Å². The Morgan fingerprint density at radius 1 is 1.24 bits per heavy atom. The molecule has 0 saturated carbocycles. The Morgan fingerprint density at radius 3 is 2.41 bits per heavy atom. The highest BCUT2D eigenvalue weighted by Crippen LogP contribution is 2.27. The minimum Gasteiger partial charge on any atom is -0.493 e. The summed E-state index contributed by atoms with van der Waals surface area (Å²) in [5, 5.41) is 9.51. The Balaban J connectivity index is 2.82. The molecule has 0 heterocycles. The maximum Gasteiger partial charge on any atom is 0.335 e. The van der Waals surface area contributed by atoms with Crippen LogP contribution in [0.4, 0.5) is 0 Å². The van der Waals surface area contributed by atoms with Crippen LogP contribution >= 0.6 is 0 Å². The van der Waals surface area contributed by atoms with E-state index in [0.717, 1.165) is 5.56 Å². The maximum atomic E-state index is 11.1. The second-order valence-corrected chi connectivity index (χ2v) is 3.43. The van der Waals surface area contributed by atoms with Crippen LogP contribution in [0.15, 0.2) is 18.2 Å². The lowest BCUT2D eigenvalue weighted by Crippen LogP contribution is -2.24. The summed E-state index contributed by atoms with van der Waals surface area (Å²) in [6, 6.07) is 5.19. The van der Waals surface area contributed by atoms with Crippen LogP contribution < -0.4 is 9.47 Å². The van der Waals surface area contributed by atoms with Gasteiger partial charge in [-0.25, -0.2) is 4.79 Å². The standard InChI is InChI=1S/C12H16O5/c1-15-10-5-4-8(7-11(10)16-2)6-9(13)12(14)17-3/h4-5,7,9,13H,6H2,1-3H3/t9-/m0/s1. The van der Waals surface area contributed by atoms with Gasteiger partial charge >= 0.3 is 5.97 Å². The van der Waals surface area contributed by atoms with E-state index in [0.29, 0.717) is 11.5 Å². The molecule has 0 saturated heterocycles. The van der Waals surface area contributed by atoms with Crippen LogP contribution in [0.25, 0.3) is 0 Å². The van der Waals surface area contributed by atoms with Crippen molar-refractivity contribution >= 4 is 5.97 Å². The van der Waals surface area contributed by atoms with Crippen LogP contribution in [0, 0.1) is 0 Å². The Kier molecular flexibility index (Phi) is 4.78. The van der Waals surface area contributed by atoms with Crippen LogP contribution in [-0.4, -0.2) is 38.5 Å². The molecule has 17 heavy (non-hydrogen) atoms. The second-order valence-electron chi connectivity index (χ2n) is 3.43. The van der Waals surface area contributed by atoms with Crippen LogP contribution in [0.3, 0.4) is 0 Å². The lowest BCUT2D eigenvalue weighted by atomic mass is 10.1. The zero-order valence-electron chi connectivity index (χ0n) is 10.1. The Hall–Kier alpha value is -1.75. The largest absolute Gasteiger partial charge is 0.493 e. The number of hydrogen-bond donors (Lipinski definition) is 1. The fraction of sp³-hybridized carbons (Fsp3) is 0.417. The van der Waals surface area contributed by atoms with Crippen molar-refractivity contribution in [2.45, 2.75) is 12.5 Å². The van der Waals surface area contributed by atoms with E-state index in [1.165, 1.54) is 14.2 Å². The van der Waals surface area contributed by atoms with E-state index in [4.69, 9.17) is 9.47 Å². The molecule has 0 radical (unpaired) electrons. The van der Waals surface area contributed by atoms with E-state index in [2.05, 4.69) is 4.74 Å². The van der Waals surface area contributed by atoms with Gasteiger partial charge in [0.1, 0.15) is 0 Å². The Labute approximate surface area is 99.9 Å². The molecule has 0 aliphatic carbocycles. The lowest BCUT2D eigenvalue weighted by molar-refractivity contribution is -0.150. The minimum absolute atomic E-state index is 0.174. The molecule has 0 unspecified atom stereocenters. The smallest absolute Gasteiger partial charge is 0.335 e. The monoisotopic (exact) mass is 240 g/mol. The predicted octanol–water partition coefficient (Wildman–Crippen LogP) is 0.780. The van der Waals surface area contributed by atoms with Gasteiger partial charge in [0.2, 0.25) is 0 Å². The number of methoxy groups -OCH3 is 3. The number of carbonyl (C=O) groups excluding carboxylic acids is 1. The molecule has 5 heteroatoms. The first-order valence-corrected chi connectivity index (χ1v) is 5.09. The summed E-state index contributed by atoms with van der Waals surface area (Å²) in [5.74, 6) is 0.505. The number of aliphatic hydroxyl groups is 1. The molecule has 0 spiro atoms. The summed E-state index contributed by atoms with van der Waals surface area (Å²) in [6.45, 7) is 0. The first-order chi connectivity index (χ1) is 8.12. The van der Waals surface area contributed by atoms with Gasteiger partial charge in [0.15, 0.2) is 17.6 Å². The molecule has 5 nitrogen and oxygen atoms in total. The van der Waals surface area contributed by atoms with E-state index < -0.39 is 12.1 Å². The summed E-state index contributed by atoms with van der Waals surface area (Å²) in [5.41, 5.74) is 0.764. The molecule has 1 aromatic carbocycles. The molecular weight excluding hydrogens is 224 g/mol. The molecule has 0 aliphatic rings. The Morgan fingerprint density at radius 2 is 1.88 bits per heavy atom. The molecule has 0 amide bonds. The topological polar surface area (TPSA) is 65.0 Å². The average molecular weight is 240 g/mol. The van der Waals surface area contributed by atoms with Crippen molar-refractivity contribution in [1.29, 1.82) is 0 Å².